The van der Waals surface area contributed by atoms with E-state index in [4.69, 9.17) is 34.9 Å². The lowest BCUT2D eigenvalue weighted by molar-refractivity contribution is -0.384. The van der Waals surface area contributed by atoms with Crippen LogP contribution >= 0.6 is 20.1 Å². The fourth-order valence-electron chi connectivity index (χ4n) is 8.67. The van der Waals surface area contributed by atoms with E-state index in [1.54, 1.807) is 14.2 Å². The molecule has 0 spiro atoms. The van der Waals surface area contributed by atoms with Gasteiger partial charge in [0.25, 0.3) is 14.2 Å². The van der Waals surface area contributed by atoms with Crippen LogP contribution < -0.4 is 14.8 Å². The number of benzene rings is 5. The maximum atomic E-state index is 13.4. The molecule has 370 valence electrons. The molecule has 70 heavy (non-hydrogen) atoms. The molecule has 0 radical (unpaired) electrons. The summed E-state index contributed by atoms with van der Waals surface area (Å²) in [6.07, 6.45) is -0.672. The van der Waals surface area contributed by atoms with Crippen LogP contribution in [0.4, 0.5) is 21.9 Å². The van der Waals surface area contributed by atoms with E-state index in [-0.39, 0.29) is 61.6 Å². The summed E-state index contributed by atoms with van der Waals surface area (Å²) in [4.78, 5) is 25.4. The van der Waals surface area contributed by atoms with E-state index in [0.717, 1.165) is 44.9 Å². The second kappa shape index (κ2) is 25.2. The van der Waals surface area contributed by atoms with E-state index in [2.05, 4.69) is 60.0 Å². The van der Waals surface area contributed by atoms with Gasteiger partial charge in [0, 0.05) is 36.7 Å². The van der Waals surface area contributed by atoms with Crippen molar-refractivity contribution >= 4 is 43.3 Å². The number of carboxylic acid groups (broad SMARTS) is 1. The van der Waals surface area contributed by atoms with Crippen molar-refractivity contribution in [2.24, 2.45) is 10.2 Å². The highest BCUT2D eigenvalue weighted by molar-refractivity contribution is 7.44. The molecule has 1 fully saturated rings. The number of azo groups is 1. The average molecular weight is 995 g/mol. The van der Waals surface area contributed by atoms with Crippen molar-refractivity contribution in [3.8, 4) is 39.8 Å². The summed E-state index contributed by atoms with van der Waals surface area (Å²) in [6.45, 7) is 11.3. The Kier molecular flexibility index (Phi) is 19.2. The molecule has 6 rings (SSSR count). The van der Waals surface area contributed by atoms with Gasteiger partial charge in [-0.15, -0.1) is 5.11 Å². The molecular weight excluding hydrogens is 933 g/mol. The number of hydrogen-bond acceptors (Lipinski definition) is 13. The van der Waals surface area contributed by atoms with Crippen LogP contribution in [0.25, 0.3) is 22.3 Å². The number of hydrogen-bond donors (Lipinski definition) is 2. The van der Waals surface area contributed by atoms with Crippen LogP contribution in [0.3, 0.4) is 0 Å². The smallest absolute Gasteiger partial charge is 0.407 e. The van der Waals surface area contributed by atoms with Gasteiger partial charge in [0.15, 0.2) is 0 Å². The molecule has 0 saturated carbocycles. The van der Waals surface area contributed by atoms with Crippen LogP contribution in [0.5, 0.6) is 11.5 Å². The van der Waals surface area contributed by atoms with Crippen molar-refractivity contribution < 1.29 is 38.1 Å². The molecule has 1 amide bonds. The first kappa shape index (κ1) is 53.3. The Labute approximate surface area is 416 Å². The molecule has 4 atom stereocenters. The third kappa shape index (κ3) is 13.6. The quantitative estimate of drug-likeness (QED) is 0.0196. The summed E-state index contributed by atoms with van der Waals surface area (Å²) >= 11 is 6.22. The van der Waals surface area contributed by atoms with E-state index in [0.29, 0.717) is 30.8 Å². The number of methoxy groups -OCH3 is 2. The molecule has 1 saturated heterocycles. The fraction of sp³-hybridized carbons (Fsp3) is 0.385. The van der Waals surface area contributed by atoms with Gasteiger partial charge in [-0.25, -0.2) is 9.46 Å². The third-order valence-corrected chi connectivity index (χ3v) is 14.6. The van der Waals surface area contributed by atoms with Crippen LogP contribution in [0, 0.1) is 21.4 Å². The molecule has 0 aliphatic carbocycles. The molecule has 0 aromatic heterocycles. The molecule has 2 N–H and O–H groups in total. The first-order chi connectivity index (χ1) is 33.7. The molecule has 0 bridgehead atoms. The first-order valence-electron chi connectivity index (χ1n) is 23.1. The number of nitriles is 1. The van der Waals surface area contributed by atoms with E-state index in [1.165, 1.54) is 23.1 Å². The van der Waals surface area contributed by atoms with E-state index in [9.17, 15) is 25.3 Å². The highest BCUT2D eigenvalue weighted by atomic mass is 35.5. The van der Waals surface area contributed by atoms with Crippen molar-refractivity contribution in [1.82, 2.24) is 14.9 Å². The number of ether oxygens (including phenoxy) is 3. The molecule has 2 unspecified atom stereocenters. The van der Waals surface area contributed by atoms with Gasteiger partial charge in [-0.3, -0.25) is 15.0 Å². The number of halogens is 1. The van der Waals surface area contributed by atoms with Crippen molar-refractivity contribution in [2.45, 2.75) is 90.3 Å². The second-order valence-electron chi connectivity index (χ2n) is 17.5. The summed E-state index contributed by atoms with van der Waals surface area (Å²) < 4.78 is 32.9. The summed E-state index contributed by atoms with van der Waals surface area (Å²) in [5.41, 5.74) is 5.55. The van der Waals surface area contributed by atoms with Crippen LogP contribution in [-0.2, 0) is 20.4 Å². The molecule has 5 aromatic carbocycles. The Balaban J connectivity index is 1.26. The highest BCUT2D eigenvalue weighted by Gasteiger charge is 2.50. The monoisotopic (exact) mass is 993 g/mol. The Morgan fingerprint density at radius 2 is 1.61 bits per heavy atom. The van der Waals surface area contributed by atoms with E-state index in [1.807, 2.05) is 91.9 Å². The third-order valence-electron chi connectivity index (χ3n) is 12.1. The summed E-state index contributed by atoms with van der Waals surface area (Å²) in [7, 11) is 1.62. The zero-order valence-electron chi connectivity index (χ0n) is 40.6. The number of nitrogens with one attached hydrogen (secondary N) is 1. The number of rotatable bonds is 24. The number of nitro benzene ring substituents is 1. The molecule has 1 aliphatic heterocycles. The number of likely N-dealkylation sites (tertiary alicyclic amines) is 1. The molecule has 1 aliphatic rings. The Bertz CT molecular complexity index is 2590. The summed E-state index contributed by atoms with van der Waals surface area (Å²) in [5.74, 6) is 1.48. The fourth-order valence-corrected chi connectivity index (χ4v) is 10.6. The highest BCUT2D eigenvalue weighted by Crippen LogP contribution is 2.50. The molecular formula is C52H61ClN7O9P. The Morgan fingerprint density at radius 1 is 0.957 bits per heavy atom. The number of nitrogens with zero attached hydrogens (tertiary/aromatic N) is 6. The van der Waals surface area contributed by atoms with Gasteiger partial charge in [-0.1, -0.05) is 66.2 Å². The minimum atomic E-state index is -1.65. The molecule has 18 heteroatoms. The van der Waals surface area contributed by atoms with Gasteiger partial charge in [-0.2, -0.15) is 10.4 Å². The Hall–Kier alpha value is -6.02. The topological polar surface area (TPSA) is 194 Å². The molecule has 1 heterocycles. The van der Waals surface area contributed by atoms with Crippen LogP contribution in [0.2, 0.25) is 5.02 Å². The predicted molar refractivity (Wildman–Crippen MR) is 272 cm³/mol. The van der Waals surface area contributed by atoms with E-state index >= 15 is 0 Å². The lowest BCUT2D eigenvalue weighted by Crippen LogP contribution is -2.51. The SMILES string of the molecule is COc1ccc(-c2cccc(COC[C@]3(CCNC(C)c4ccc(N=Nc5ccc([N+](=O)[O-])cc5Cl)cc4)C[C@@H](OP(OCCC#N)N(C(C)C)C(C)C)CN3C(=O)O)c2-c2ccc(OC)cc2)cc1. The second-order valence-corrected chi connectivity index (χ2v) is 19.3. The molecule has 5 aromatic rings. The number of carbonyl (C=O) groups is 1. The zero-order chi connectivity index (χ0) is 50.4. The van der Waals surface area contributed by atoms with Crippen LogP contribution in [0.1, 0.15) is 71.0 Å². The normalized spacial score (nSPS) is 16.8. The van der Waals surface area contributed by atoms with Gasteiger partial charge in [0.05, 0.1) is 80.4 Å². The first-order valence-corrected chi connectivity index (χ1v) is 24.6. The van der Waals surface area contributed by atoms with Crippen LogP contribution in [0.15, 0.2) is 119 Å². The van der Waals surface area contributed by atoms with Gasteiger partial charge >= 0.3 is 6.09 Å². The van der Waals surface area contributed by atoms with Gasteiger partial charge in [-0.05, 0) is 123 Å². The lowest BCUT2D eigenvalue weighted by Gasteiger charge is -2.37. The maximum absolute atomic E-state index is 13.4. The average Bonchev–Trinajstić information content (AvgIpc) is 3.71. The predicted octanol–water partition coefficient (Wildman–Crippen LogP) is 13.1. The largest absolute Gasteiger partial charge is 0.497 e. The van der Waals surface area contributed by atoms with Crippen molar-refractivity contribution in [3.05, 3.63) is 135 Å². The molecule has 16 nitrogen and oxygen atoms in total. The van der Waals surface area contributed by atoms with Gasteiger partial charge in [0.1, 0.15) is 17.2 Å². The van der Waals surface area contributed by atoms with Gasteiger partial charge in [0.2, 0.25) is 0 Å². The van der Waals surface area contributed by atoms with Gasteiger partial charge < -0.3 is 33.7 Å². The number of amides is 1. The Morgan fingerprint density at radius 3 is 2.20 bits per heavy atom. The minimum Gasteiger partial charge on any atom is -0.497 e. The standard InChI is InChI=1S/C52H61ClN7O9P/c1-35(2)59(36(3)4)70(68-29-9-27-54)69-46-31-52(58(32-46)51(61)62,26-28-55-37(5)38-12-18-42(19-13-38)56-57-49-25-20-43(60(63)64)30-48(49)53)34-67-33-41-10-8-11-47(39-14-21-44(65-6)22-15-39)50(41)40-16-23-45(66-7)24-17-40/h8,10-25,30,35-37,46,55H,9,26,28-29,31-34H2,1-7H3,(H,61,62)/t37?,46-,52+,70?/m1/s1. The number of nitro groups is 1. The minimum absolute atomic E-state index is 0.0585. The number of non-ortho nitro benzene ring substituents is 1. The zero-order valence-corrected chi connectivity index (χ0v) is 42.2. The summed E-state index contributed by atoms with van der Waals surface area (Å²) in [5, 5.41) is 43.6. The maximum Gasteiger partial charge on any atom is 0.407 e. The van der Waals surface area contributed by atoms with E-state index < -0.39 is 31.2 Å². The van der Waals surface area contributed by atoms with Crippen molar-refractivity contribution in [2.75, 3.05) is 40.5 Å². The van der Waals surface area contributed by atoms with Crippen molar-refractivity contribution in [1.29, 1.82) is 5.26 Å². The van der Waals surface area contributed by atoms with Crippen molar-refractivity contribution in [3.63, 3.8) is 0 Å². The lowest BCUT2D eigenvalue weighted by atomic mass is 9.90. The van der Waals surface area contributed by atoms with Crippen LogP contribution in [-0.4, -0.2) is 89.9 Å². The summed E-state index contributed by atoms with van der Waals surface area (Å²) in [6, 6.07) is 35.5.